The van der Waals surface area contributed by atoms with Crippen molar-refractivity contribution < 1.29 is 19.1 Å². The Hall–Kier alpha value is -1.78. The lowest BCUT2D eigenvalue weighted by atomic mass is 9.88. The van der Waals surface area contributed by atoms with E-state index in [1.807, 2.05) is 6.92 Å². The summed E-state index contributed by atoms with van der Waals surface area (Å²) in [5.41, 5.74) is 0.152. The Morgan fingerprint density at radius 3 is 2.33 bits per heavy atom. The van der Waals surface area contributed by atoms with Crippen LogP contribution in [0.3, 0.4) is 0 Å². The molecule has 5 heteroatoms. The number of furan rings is 1. The molecular weight excluding hydrogens is 270 g/mol. The molecule has 1 aromatic rings. The number of hydrogen-bond acceptors (Lipinski definition) is 3. The summed E-state index contributed by atoms with van der Waals surface area (Å²) in [5, 5.41) is 9.01. The smallest absolute Gasteiger partial charge is 0.339 e. The molecule has 1 atom stereocenters. The summed E-state index contributed by atoms with van der Waals surface area (Å²) < 4.78 is 5.41. The van der Waals surface area contributed by atoms with Gasteiger partial charge in [0.25, 0.3) is 0 Å². The van der Waals surface area contributed by atoms with Gasteiger partial charge in [0.15, 0.2) is 0 Å². The fourth-order valence-corrected chi connectivity index (χ4v) is 2.69. The minimum absolute atomic E-state index is 0.0417. The molecule has 0 aliphatic carbocycles. The summed E-state index contributed by atoms with van der Waals surface area (Å²) in [7, 11) is 1.72. The monoisotopic (exact) mass is 295 g/mol. The lowest BCUT2D eigenvalue weighted by Gasteiger charge is -2.25. The van der Waals surface area contributed by atoms with Gasteiger partial charge in [-0.2, -0.15) is 0 Å². The van der Waals surface area contributed by atoms with Gasteiger partial charge in [-0.25, -0.2) is 4.79 Å². The first kappa shape index (κ1) is 17.3. The van der Waals surface area contributed by atoms with Crippen molar-refractivity contribution in [3.8, 4) is 0 Å². The number of hydrogen-bond donors (Lipinski definition) is 1. The van der Waals surface area contributed by atoms with Crippen LogP contribution < -0.4 is 0 Å². The standard InChI is InChI=1S/C16H25NO4/c1-6-12(7-2)10(3)15(18)17(5)9-13-8-14(16(19)20)11(4)21-13/h8,10,12H,6-7,9H2,1-5H3,(H,19,20). The molecule has 0 spiro atoms. The Bertz CT molecular complexity index is 502. The number of carboxylic acid groups (broad SMARTS) is 1. The van der Waals surface area contributed by atoms with E-state index in [0.717, 1.165) is 12.8 Å². The van der Waals surface area contributed by atoms with Gasteiger partial charge in [-0.15, -0.1) is 0 Å². The average molecular weight is 295 g/mol. The van der Waals surface area contributed by atoms with Gasteiger partial charge in [0.05, 0.1) is 6.54 Å². The molecular formula is C16H25NO4. The topological polar surface area (TPSA) is 70.8 Å². The molecule has 1 aromatic heterocycles. The Labute approximate surface area is 125 Å². The molecule has 1 rings (SSSR count). The van der Waals surface area contributed by atoms with E-state index in [9.17, 15) is 9.59 Å². The van der Waals surface area contributed by atoms with Gasteiger partial charge in [0.1, 0.15) is 17.1 Å². The van der Waals surface area contributed by atoms with Crippen LogP contribution in [-0.4, -0.2) is 28.9 Å². The SMILES string of the molecule is CCC(CC)C(C)C(=O)N(C)Cc1cc(C(=O)O)c(C)o1. The molecule has 0 aliphatic heterocycles. The van der Waals surface area contributed by atoms with Crippen LogP contribution in [-0.2, 0) is 11.3 Å². The van der Waals surface area contributed by atoms with Crippen LogP contribution in [0.4, 0.5) is 0 Å². The highest BCUT2D eigenvalue weighted by molar-refractivity contribution is 5.88. The number of amides is 1. The number of aromatic carboxylic acids is 1. The molecule has 0 radical (unpaired) electrons. The van der Waals surface area contributed by atoms with Crippen LogP contribution >= 0.6 is 0 Å². The third kappa shape index (κ3) is 4.09. The van der Waals surface area contributed by atoms with Crippen LogP contribution in [0.1, 0.15) is 55.5 Å². The molecule has 118 valence electrons. The molecule has 0 saturated heterocycles. The molecule has 1 heterocycles. The Morgan fingerprint density at radius 2 is 1.90 bits per heavy atom. The van der Waals surface area contributed by atoms with Crippen molar-refractivity contribution in [2.75, 3.05) is 7.05 Å². The second kappa shape index (κ2) is 7.29. The quantitative estimate of drug-likeness (QED) is 0.837. The number of aryl methyl sites for hydroxylation is 1. The highest BCUT2D eigenvalue weighted by atomic mass is 16.4. The number of carboxylic acids is 1. The maximum Gasteiger partial charge on any atom is 0.339 e. The van der Waals surface area contributed by atoms with E-state index in [1.165, 1.54) is 6.07 Å². The van der Waals surface area contributed by atoms with Gasteiger partial charge in [-0.05, 0) is 18.9 Å². The van der Waals surface area contributed by atoms with E-state index < -0.39 is 5.97 Å². The summed E-state index contributed by atoms with van der Waals surface area (Å²) in [5.74, 6) is 0.244. The summed E-state index contributed by atoms with van der Waals surface area (Å²) in [6.07, 6.45) is 1.94. The largest absolute Gasteiger partial charge is 0.478 e. The van der Waals surface area contributed by atoms with Crippen molar-refractivity contribution >= 4 is 11.9 Å². The van der Waals surface area contributed by atoms with Crippen LogP contribution in [0.5, 0.6) is 0 Å². The van der Waals surface area contributed by atoms with Gasteiger partial charge in [-0.1, -0.05) is 33.6 Å². The van der Waals surface area contributed by atoms with E-state index in [2.05, 4.69) is 13.8 Å². The molecule has 0 aliphatic rings. The third-order valence-corrected chi connectivity index (χ3v) is 4.11. The Balaban J connectivity index is 2.76. The van der Waals surface area contributed by atoms with Crippen molar-refractivity contribution in [2.45, 2.75) is 47.1 Å². The predicted molar refractivity (Wildman–Crippen MR) is 80.1 cm³/mol. The van der Waals surface area contributed by atoms with E-state index in [-0.39, 0.29) is 23.9 Å². The normalized spacial score (nSPS) is 12.5. The van der Waals surface area contributed by atoms with Crippen molar-refractivity contribution in [3.05, 3.63) is 23.2 Å². The van der Waals surface area contributed by atoms with Crippen molar-refractivity contribution in [2.24, 2.45) is 11.8 Å². The average Bonchev–Trinajstić information content (AvgIpc) is 2.79. The highest BCUT2D eigenvalue weighted by Crippen LogP contribution is 2.22. The summed E-state index contributed by atoms with van der Waals surface area (Å²) in [6, 6.07) is 1.49. The zero-order valence-electron chi connectivity index (χ0n) is 13.5. The van der Waals surface area contributed by atoms with Gasteiger partial charge >= 0.3 is 5.97 Å². The summed E-state index contributed by atoms with van der Waals surface area (Å²) in [4.78, 5) is 25.0. The summed E-state index contributed by atoms with van der Waals surface area (Å²) in [6.45, 7) is 8.03. The third-order valence-electron chi connectivity index (χ3n) is 4.11. The van der Waals surface area contributed by atoms with Crippen molar-refractivity contribution in [1.82, 2.24) is 4.90 Å². The zero-order valence-corrected chi connectivity index (χ0v) is 13.5. The Morgan fingerprint density at radius 1 is 1.33 bits per heavy atom. The van der Waals surface area contributed by atoms with Gasteiger partial charge in [0, 0.05) is 13.0 Å². The number of rotatable bonds is 7. The van der Waals surface area contributed by atoms with E-state index in [4.69, 9.17) is 9.52 Å². The van der Waals surface area contributed by atoms with Crippen molar-refractivity contribution in [1.29, 1.82) is 0 Å². The van der Waals surface area contributed by atoms with Crippen LogP contribution in [0.15, 0.2) is 10.5 Å². The van der Waals surface area contributed by atoms with Gasteiger partial charge in [0.2, 0.25) is 5.91 Å². The van der Waals surface area contributed by atoms with Gasteiger partial charge in [-0.3, -0.25) is 4.79 Å². The maximum absolute atomic E-state index is 12.4. The second-order valence-electron chi connectivity index (χ2n) is 5.55. The Kier molecular flexibility index (Phi) is 6.00. The second-order valence-corrected chi connectivity index (χ2v) is 5.55. The molecule has 1 unspecified atom stereocenters. The number of carbonyl (C=O) groups is 2. The summed E-state index contributed by atoms with van der Waals surface area (Å²) >= 11 is 0. The maximum atomic E-state index is 12.4. The first-order valence-corrected chi connectivity index (χ1v) is 7.39. The number of carbonyl (C=O) groups excluding carboxylic acids is 1. The molecule has 1 N–H and O–H groups in total. The molecule has 21 heavy (non-hydrogen) atoms. The highest BCUT2D eigenvalue weighted by Gasteiger charge is 2.25. The lowest BCUT2D eigenvalue weighted by Crippen LogP contribution is -2.34. The first-order valence-electron chi connectivity index (χ1n) is 7.39. The van der Waals surface area contributed by atoms with Gasteiger partial charge < -0.3 is 14.4 Å². The lowest BCUT2D eigenvalue weighted by molar-refractivity contribution is -0.136. The molecule has 5 nitrogen and oxygen atoms in total. The van der Waals surface area contributed by atoms with E-state index >= 15 is 0 Å². The first-order chi connectivity index (χ1) is 9.81. The molecule has 0 bridgehead atoms. The van der Waals surface area contributed by atoms with Crippen molar-refractivity contribution in [3.63, 3.8) is 0 Å². The fraction of sp³-hybridized carbons (Fsp3) is 0.625. The minimum Gasteiger partial charge on any atom is -0.478 e. The van der Waals surface area contributed by atoms with Crippen LogP contribution in [0.2, 0.25) is 0 Å². The molecule has 0 saturated carbocycles. The predicted octanol–water partition coefficient (Wildman–Crippen LogP) is 3.32. The molecule has 0 fully saturated rings. The zero-order chi connectivity index (χ0) is 16.2. The molecule has 1 amide bonds. The molecule has 0 aromatic carbocycles. The number of nitrogens with zero attached hydrogens (tertiary/aromatic N) is 1. The van der Waals surface area contributed by atoms with E-state index in [1.54, 1.807) is 18.9 Å². The van der Waals surface area contributed by atoms with E-state index in [0.29, 0.717) is 17.4 Å². The fourth-order valence-electron chi connectivity index (χ4n) is 2.69. The minimum atomic E-state index is -1.01. The van der Waals surface area contributed by atoms with Crippen LogP contribution in [0.25, 0.3) is 0 Å². The van der Waals surface area contributed by atoms with Crippen LogP contribution in [0, 0.1) is 18.8 Å².